The Morgan fingerprint density at radius 2 is 1.97 bits per heavy atom. The maximum atomic E-state index is 14.6. The van der Waals surface area contributed by atoms with Crippen LogP contribution in [-0.4, -0.2) is 22.4 Å². The van der Waals surface area contributed by atoms with Crippen molar-refractivity contribution in [2.75, 3.05) is 6.61 Å². The van der Waals surface area contributed by atoms with E-state index in [1.54, 1.807) is 43.7 Å². The summed E-state index contributed by atoms with van der Waals surface area (Å²) in [5.74, 6) is -1.20. The smallest absolute Gasteiger partial charge is 0.341 e. The minimum absolute atomic E-state index is 0.266. The van der Waals surface area contributed by atoms with Crippen LogP contribution in [0.2, 0.25) is 5.02 Å². The maximum absolute atomic E-state index is 14.6. The standard InChI is InChI=1S/C23H19ClF2N2O2S/c1-4-30-23(29)21-12(2)27-28(13(21)3)20-6-5-19(26)18-11-17(31-22(18)20)9-14-7-15(24)10-16(25)8-14/h5-8,10-11H,4,9H2,1-3H3. The first-order valence-corrected chi connectivity index (χ1v) is 10.9. The van der Waals surface area contributed by atoms with Gasteiger partial charge in [0.1, 0.15) is 17.2 Å². The topological polar surface area (TPSA) is 44.1 Å². The quantitative estimate of drug-likeness (QED) is 0.323. The highest BCUT2D eigenvalue weighted by molar-refractivity contribution is 7.19. The number of carbonyl (C=O) groups is 1. The molecule has 0 spiro atoms. The largest absolute Gasteiger partial charge is 0.462 e. The molecule has 31 heavy (non-hydrogen) atoms. The molecular formula is C23H19ClF2N2O2S. The lowest BCUT2D eigenvalue weighted by molar-refractivity contribution is 0.0524. The van der Waals surface area contributed by atoms with Gasteiger partial charge in [0.2, 0.25) is 0 Å². The summed E-state index contributed by atoms with van der Waals surface area (Å²) in [6.45, 7) is 5.53. The molecule has 8 heteroatoms. The first-order chi connectivity index (χ1) is 14.8. The summed E-state index contributed by atoms with van der Waals surface area (Å²) < 4.78 is 35.8. The first-order valence-electron chi connectivity index (χ1n) is 9.68. The molecule has 0 bridgehead atoms. The van der Waals surface area contributed by atoms with E-state index < -0.39 is 11.8 Å². The van der Waals surface area contributed by atoms with Gasteiger partial charge in [-0.05, 0) is 62.7 Å². The summed E-state index contributed by atoms with van der Waals surface area (Å²) in [5, 5.41) is 5.28. The summed E-state index contributed by atoms with van der Waals surface area (Å²) in [5.41, 5.74) is 2.94. The average Bonchev–Trinajstić information content (AvgIpc) is 3.23. The zero-order valence-electron chi connectivity index (χ0n) is 17.1. The van der Waals surface area contributed by atoms with Crippen molar-refractivity contribution in [1.82, 2.24) is 9.78 Å². The first kappa shape index (κ1) is 21.5. The Balaban J connectivity index is 1.81. The van der Waals surface area contributed by atoms with Crippen LogP contribution in [0.4, 0.5) is 8.78 Å². The van der Waals surface area contributed by atoms with Crippen LogP contribution in [-0.2, 0) is 11.2 Å². The molecule has 160 valence electrons. The van der Waals surface area contributed by atoms with Gasteiger partial charge in [-0.25, -0.2) is 18.3 Å². The summed E-state index contributed by atoms with van der Waals surface area (Å²) >= 11 is 7.36. The number of aryl methyl sites for hydroxylation is 1. The van der Waals surface area contributed by atoms with E-state index in [-0.39, 0.29) is 12.4 Å². The highest BCUT2D eigenvalue weighted by Gasteiger charge is 2.22. The number of benzene rings is 2. The van der Waals surface area contributed by atoms with E-state index in [4.69, 9.17) is 16.3 Å². The molecule has 0 aliphatic rings. The predicted molar refractivity (Wildman–Crippen MR) is 119 cm³/mol. The number of esters is 1. The van der Waals surface area contributed by atoms with Gasteiger partial charge in [0, 0.05) is 21.7 Å². The molecule has 4 rings (SSSR count). The Morgan fingerprint density at radius 3 is 2.68 bits per heavy atom. The number of aromatic nitrogens is 2. The fraction of sp³-hybridized carbons (Fsp3) is 0.217. The molecule has 0 N–H and O–H groups in total. The number of thiophene rings is 1. The van der Waals surface area contributed by atoms with E-state index in [1.165, 1.54) is 29.5 Å². The van der Waals surface area contributed by atoms with Crippen molar-refractivity contribution < 1.29 is 18.3 Å². The number of hydrogen-bond acceptors (Lipinski definition) is 4. The molecule has 0 amide bonds. The van der Waals surface area contributed by atoms with Crippen molar-refractivity contribution >= 4 is 39.0 Å². The third-order valence-corrected chi connectivity index (χ3v) is 6.34. The van der Waals surface area contributed by atoms with E-state index in [0.29, 0.717) is 49.7 Å². The fourth-order valence-electron chi connectivity index (χ4n) is 3.67. The number of nitrogens with zero attached hydrogens (tertiary/aromatic N) is 2. The van der Waals surface area contributed by atoms with Crippen LogP contribution in [0.3, 0.4) is 0 Å². The number of ether oxygens (including phenoxy) is 1. The van der Waals surface area contributed by atoms with Crippen molar-refractivity contribution in [3.8, 4) is 5.69 Å². The second-order valence-electron chi connectivity index (χ2n) is 7.15. The molecule has 0 fully saturated rings. The number of fused-ring (bicyclic) bond motifs is 1. The summed E-state index contributed by atoms with van der Waals surface area (Å²) in [6, 6.07) is 9.14. The molecule has 0 aliphatic carbocycles. The third-order valence-electron chi connectivity index (χ3n) is 4.96. The molecule has 0 saturated carbocycles. The van der Waals surface area contributed by atoms with Gasteiger partial charge in [-0.3, -0.25) is 0 Å². The lowest BCUT2D eigenvalue weighted by Gasteiger charge is -2.07. The van der Waals surface area contributed by atoms with Gasteiger partial charge in [0.15, 0.2) is 0 Å². The van der Waals surface area contributed by atoms with Gasteiger partial charge in [0.25, 0.3) is 0 Å². The zero-order valence-corrected chi connectivity index (χ0v) is 18.7. The SMILES string of the molecule is CCOC(=O)c1c(C)nn(-c2ccc(F)c3cc(Cc4cc(F)cc(Cl)c4)sc23)c1C. The summed E-state index contributed by atoms with van der Waals surface area (Å²) in [4.78, 5) is 13.2. The number of halogens is 3. The third kappa shape index (κ3) is 4.07. The second kappa shape index (κ2) is 8.40. The molecule has 2 aromatic carbocycles. The minimum Gasteiger partial charge on any atom is -0.462 e. The Morgan fingerprint density at radius 1 is 1.19 bits per heavy atom. The zero-order chi connectivity index (χ0) is 22.3. The highest BCUT2D eigenvalue weighted by Crippen LogP contribution is 2.35. The monoisotopic (exact) mass is 460 g/mol. The van der Waals surface area contributed by atoms with Gasteiger partial charge in [-0.1, -0.05) is 11.6 Å². The van der Waals surface area contributed by atoms with Crippen LogP contribution >= 0.6 is 22.9 Å². The Hall–Kier alpha value is -2.77. The highest BCUT2D eigenvalue weighted by atomic mass is 35.5. The van der Waals surface area contributed by atoms with E-state index in [0.717, 1.165) is 4.88 Å². The minimum atomic E-state index is -0.433. The van der Waals surface area contributed by atoms with Crippen molar-refractivity contribution in [1.29, 1.82) is 0 Å². The molecule has 2 heterocycles. The van der Waals surface area contributed by atoms with Crippen molar-refractivity contribution in [3.63, 3.8) is 0 Å². The van der Waals surface area contributed by atoms with Gasteiger partial charge in [0.05, 0.1) is 28.4 Å². The van der Waals surface area contributed by atoms with E-state index in [2.05, 4.69) is 5.10 Å². The number of hydrogen-bond donors (Lipinski definition) is 0. The Kier molecular flexibility index (Phi) is 5.81. The average molecular weight is 461 g/mol. The van der Waals surface area contributed by atoms with Crippen LogP contribution in [0.15, 0.2) is 36.4 Å². The number of carbonyl (C=O) groups excluding carboxylic acids is 1. The Labute approximate surface area is 187 Å². The predicted octanol–water partition coefficient (Wildman–Crippen LogP) is 6.40. The van der Waals surface area contributed by atoms with Gasteiger partial charge in [-0.15, -0.1) is 11.3 Å². The van der Waals surface area contributed by atoms with Crippen LogP contribution < -0.4 is 0 Å². The maximum Gasteiger partial charge on any atom is 0.341 e. The molecule has 0 aliphatic heterocycles. The molecule has 0 unspecified atom stereocenters. The lowest BCUT2D eigenvalue weighted by Crippen LogP contribution is -2.07. The van der Waals surface area contributed by atoms with Gasteiger partial charge < -0.3 is 4.74 Å². The van der Waals surface area contributed by atoms with E-state index in [9.17, 15) is 13.6 Å². The van der Waals surface area contributed by atoms with Crippen LogP contribution in [0.25, 0.3) is 15.8 Å². The van der Waals surface area contributed by atoms with Crippen LogP contribution in [0.5, 0.6) is 0 Å². The summed E-state index contributed by atoms with van der Waals surface area (Å²) in [7, 11) is 0. The molecule has 0 atom stereocenters. The Bertz CT molecular complexity index is 1290. The molecule has 0 radical (unpaired) electrons. The van der Waals surface area contributed by atoms with Gasteiger partial charge in [-0.2, -0.15) is 5.10 Å². The molecule has 2 aromatic heterocycles. The number of rotatable bonds is 5. The summed E-state index contributed by atoms with van der Waals surface area (Å²) in [6.07, 6.45) is 0.418. The van der Waals surface area contributed by atoms with E-state index >= 15 is 0 Å². The second-order valence-corrected chi connectivity index (χ2v) is 8.73. The van der Waals surface area contributed by atoms with Crippen molar-refractivity contribution in [2.45, 2.75) is 27.2 Å². The molecule has 4 nitrogen and oxygen atoms in total. The van der Waals surface area contributed by atoms with Crippen LogP contribution in [0.1, 0.15) is 39.1 Å². The lowest BCUT2D eigenvalue weighted by atomic mass is 10.1. The molecule has 4 aromatic rings. The fourth-order valence-corrected chi connectivity index (χ4v) is 5.12. The normalized spacial score (nSPS) is 11.3. The van der Waals surface area contributed by atoms with Gasteiger partial charge >= 0.3 is 5.97 Å². The molecular weight excluding hydrogens is 442 g/mol. The van der Waals surface area contributed by atoms with E-state index in [1.807, 2.05) is 0 Å². The van der Waals surface area contributed by atoms with Crippen LogP contribution in [0, 0.1) is 25.5 Å². The molecule has 0 saturated heterocycles. The van der Waals surface area contributed by atoms with Crippen molar-refractivity contribution in [2.24, 2.45) is 0 Å². The van der Waals surface area contributed by atoms with Crippen molar-refractivity contribution in [3.05, 3.63) is 80.4 Å².